The molecule has 2 atom stereocenters. The summed E-state index contributed by atoms with van der Waals surface area (Å²) in [5.74, 6) is 0. The van der Waals surface area contributed by atoms with Crippen molar-refractivity contribution in [2.24, 2.45) is 0 Å². The molecule has 0 aromatic heterocycles. The van der Waals surface area contributed by atoms with Crippen molar-refractivity contribution in [3.05, 3.63) is 12.3 Å². The van der Waals surface area contributed by atoms with Crippen LogP contribution in [0.25, 0.3) is 0 Å². The lowest BCUT2D eigenvalue weighted by Gasteiger charge is -2.18. The molecule has 2 unspecified atom stereocenters. The first-order valence-electron chi connectivity index (χ1n) is 2.45. The Bertz CT molecular complexity index is 103. The lowest BCUT2D eigenvalue weighted by atomic mass is 10.3. The second kappa shape index (κ2) is 2.69. The fourth-order valence-corrected chi connectivity index (χ4v) is 0.859. The van der Waals surface area contributed by atoms with Gasteiger partial charge in [0, 0.05) is 5.25 Å². The molecule has 0 bridgehead atoms. The van der Waals surface area contributed by atoms with Crippen molar-refractivity contribution in [3.8, 4) is 0 Å². The van der Waals surface area contributed by atoms with Crippen molar-refractivity contribution in [3.63, 3.8) is 0 Å². The molecule has 0 aromatic carbocycles. The van der Waals surface area contributed by atoms with Crippen LogP contribution in [0.3, 0.4) is 0 Å². The van der Waals surface area contributed by atoms with E-state index in [4.69, 9.17) is 4.74 Å². The molecule has 0 aromatic rings. The van der Waals surface area contributed by atoms with Gasteiger partial charge in [-0.15, -0.1) is 0 Å². The van der Waals surface area contributed by atoms with Gasteiger partial charge in [0.1, 0.15) is 6.61 Å². The van der Waals surface area contributed by atoms with Crippen molar-refractivity contribution in [2.45, 2.75) is 10.5 Å². The van der Waals surface area contributed by atoms with Crippen LogP contribution in [-0.4, -0.2) is 17.1 Å². The van der Waals surface area contributed by atoms with Gasteiger partial charge in [-0.25, -0.2) is 0 Å². The van der Waals surface area contributed by atoms with E-state index in [0.717, 1.165) is 0 Å². The van der Waals surface area contributed by atoms with E-state index in [1.807, 2.05) is 6.08 Å². The van der Waals surface area contributed by atoms with Gasteiger partial charge in [-0.3, -0.25) is 0 Å². The van der Waals surface area contributed by atoms with Crippen molar-refractivity contribution in [1.29, 1.82) is 0 Å². The van der Waals surface area contributed by atoms with Gasteiger partial charge < -0.3 is 4.74 Å². The minimum atomic E-state index is 0.253. The molecule has 0 aliphatic carbocycles. The topological polar surface area (TPSA) is 9.23 Å². The molecule has 1 aliphatic heterocycles. The van der Waals surface area contributed by atoms with Crippen molar-refractivity contribution < 1.29 is 4.74 Å². The Morgan fingerprint density at radius 2 is 2.25 bits per heavy atom. The molecule has 3 heteroatoms. The molecular formula is C5H8OS2. The fraction of sp³-hybridized carbons (Fsp3) is 0.600. The lowest BCUT2D eigenvalue weighted by Crippen LogP contribution is -2.21. The van der Waals surface area contributed by atoms with E-state index in [2.05, 4.69) is 25.3 Å². The van der Waals surface area contributed by atoms with Crippen LogP contribution < -0.4 is 0 Å². The van der Waals surface area contributed by atoms with Gasteiger partial charge >= 0.3 is 0 Å². The lowest BCUT2D eigenvalue weighted by molar-refractivity contribution is 0.239. The summed E-state index contributed by atoms with van der Waals surface area (Å²) in [4.78, 5) is 0. The number of hydrogen-bond donors (Lipinski definition) is 2. The van der Waals surface area contributed by atoms with Crippen LogP contribution in [0.2, 0.25) is 0 Å². The zero-order chi connectivity index (χ0) is 5.98. The number of rotatable bonds is 0. The standard InChI is InChI=1S/C5H8OS2/c7-4-1-2-6-3-5(4)8/h1-2,4-5,7-8H,3H2. The summed E-state index contributed by atoms with van der Waals surface area (Å²) in [5, 5.41) is 0.510. The summed E-state index contributed by atoms with van der Waals surface area (Å²) < 4.78 is 4.95. The predicted octanol–water partition coefficient (Wildman–Crippen LogP) is 1.13. The quantitative estimate of drug-likeness (QED) is 0.490. The summed E-state index contributed by atoms with van der Waals surface area (Å²) in [6.07, 6.45) is 3.56. The van der Waals surface area contributed by atoms with Crippen molar-refractivity contribution in [1.82, 2.24) is 0 Å². The molecule has 0 saturated heterocycles. The highest BCUT2D eigenvalue weighted by molar-refractivity contribution is 7.85. The summed E-state index contributed by atoms with van der Waals surface area (Å²) in [7, 11) is 0. The van der Waals surface area contributed by atoms with Gasteiger partial charge in [0.25, 0.3) is 0 Å². The van der Waals surface area contributed by atoms with E-state index in [1.54, 1.807) is 6.26 Å². The molecule has 1 rings (SSSR count). The molecule has 0 N–H and O–H groups in total. The molecular weight excluding hydrogens is 140 g/mol. The summed E-state index contributed by atoms with van der Waals surface area (Å²) in [6.45, 7) is 0.674. The molecule has 8 heavy (non-hydrogen) atoms. The summed E-state index contributed by atoms with van der Waals surface area (Å²) >= 11 is 8.42. The maximum Gasteiger partial charge on any atom is 0.100 e. The monoisotopic (exact) mass is 148 g/mol. The normalized spacial score (nSPS) is 36.8. The van der Waals surface area contributed by atoms with E-state index in [0.29, 0.717) is 6.61 Å². The first-order valence-corrected chi connectivity index (χ1v) is 3.48. The van der Waals surface area contributed by atoms with E-state index >= 15 is 0 Å². The molecule has 1 heterocycles. The van der Waals surface area contributed by atoms with Gasteiger partial charge in [0.05, 0.1) is 11.5 Å². The van der Waals surface area contributed by atoms with Crippen LogP contribution in [-0.2, 0) is 4.74 Å². The minimum Gasteiger partial charge on any atom is -0.500 e. The Hall–Kier alpha value is 0.240. The highest BCUT2D eigenvalue weighted by atomic mass is 32.1. The Balaban J connectivity index is 2.47. The maximum absolute atomic E-state index is 4.95. The van der Waals surface area contributed by atoms with E-state index in [1.165, 1.54) is 0 Å². The Morgan fingerprint density at radius 1 is 1.50 bits per heavy atom. The van der Waals surface area contributed by atoms with E-state index in [-0.39, 0.29) is 10.5 Å². The largest absolute Gasteiger partial charge is 0.500 e. The zero-order valence-corrected chi connectivity index (χ0v) is 6.11. The van der Waals surface area contributed by atoms with Crippen LogP contribution in [0.15, 0.2) is 12.3 Å². The SMILES string of the molecule is SC1C=COCC1S. The van der Waals surface area contributed by atoms with Crippen LogP contribution in [0.4, 0.5) is 0 Å². The Labute approximate surface area is 59.9 Å². The van der Waals surface area contributed by atoms with Gasteiger partial charge in [0.15, 0.2) is 0 Å². The third-order valence-corrected chi connectivity index (χ3v) is 2.27. The second-order valence-electron chi connectivity index (χ2n) is 1.72. The predicted molar refractivity (Wildman–Crippen MR) is 40.6 cm³/mol. The third kappa shape index (κ3) is 1.36. The molecule has 0 spiro atoms. The molecule has 0 fully saturated rings. The fourth-order valence-electron chi connectivity index (χ4n) is 0.517. The molecule has 0 radical (unpaired) electrons. The van der Waals surface area contributed by atoms with Gasteiger partial charge in [-0.1, -0.05) is 0 Å². The smallest absolute Gasteiger partial charge is 0.100 e. The number of thiol groups is 2. The van der Waals surface area contributed by atoms with Gasteiger partial charge in [-0.05, 0) is 6.08 Å². The number of hydrogen-bond acceptors (Lipinski definition) is 3. The highest BCUT2D eigenvalue weighted by Crippen LogP contribution is 2.14. The first-order chi connectivity index (χ1) is 3.80. The van der Waals surface area contributed by atoms with E-state index in [9.17, 15) is 0 Å². The molecule has 1 nitrogen and oxygen atoms in total. The molecule has 1 aliphatic rings. The van der Waals surface area contributed by atoms with Crippen LogP contribution in [0.1, 0.15) is 0 Å². The van der Waals surface area contributed by atoms with Gasteiger partial charge in [0.2, 0.25) is 0 Å². The van der Waals surface area contributed by atoms with Crippen LogP contribution in [0.5, 0.6) is 0 Å². The third-order valence-electron chi connectivity index (χ3n) is 1.03. The molecule has 0 amide bonds. The Kier molecular flexibility index (Phi) is 2.14. The van der Waals surface area contributed by atoms with Crippen LogP contribution in [0, 0.1) is 0 Å². The minimum absolute atomic E-state index is 0.253. The Morgan fingerprint density at radius 3 is 2.62 bits per heavy atom. The molecule has 0 saturated carbocycles. The first kappa shape index (κ1) is 6.36. The number of ether oxygens (including phenoxy) is 1. The average molecular weight is 148 g/mol. The summed E-state index contributed by atoms with van der Waals surface area (Å²) in [5.41, 5.74) is 0. The second-order valence-corrected chi connectivity index (χ2v) is 2.98. The van der Waals surface area contributed by atoms with E-state index < -0.39 is 0 Å². The maximum atomic E-state index is 4.95. The van der Waals surface area contributed by atoms with Crippen molar-refractivity contribution >= 4 is 25.3 Å². The summed E-state index contributed by atoms with van der Waals surface area (Å²) in [6, 6.07) is 0. The molecule has 46 valence electrons. The van der Waals surface area contributed by atoms with Crippen LogP contribution >= 0.6 is 25.3 Å². The zero-order valence-electron chi connectivity index (χ0n) is 4.32. The average Bonchev–Trinajstić information content (AvgIpc) is 1.77. The highest BCUT2D eigenvalue weighted by Gasteiger charge is 2.13. The van der Waals surface area contributed by atoms with Crippen molar-refractivity contribution in [2.75, 3.05) is 6.61 Å². The van der Waals surface area contributed by atoms with Gasteiger partial charge in [-0.2, -0.15) is 25.3 Å².